The standard InChI is InChI=1S/C14H11FO2/c1-17-14(16)11-7-5-10(6-8-11)12-3-2-4-13(15)9-12/h2-9H,1H3. The van der Waals surface area contributed by atoms with Crippen LogP contribution in [0.1, 0.15) is 10.4 Å². The molecule has 17 heavy (non-hydrogen) atoms. The summed E-state index contributed by atoms with van der Waals surface area (Å²) in [6.45, 7) is 0. The second-order valence-corrected chi connectivity index (χ2v) is 3.58. The van der Waals surface area contributed by atoms with Crippen LogP contribution in [0.25, 0.3) is 11.1 Å². The minimum Gasteiger partial charge on any atom is -0.465 e. The van der Waals surface area contributed by atoms with Crippen LogP contribution in [0.4, 0.5) is 4.39 Å². The minimum absolute atomic E-state index is 0.278. The number of carbonyl (C=O) groups excluding carboxylic acids is 1. The Bertz CT molecular complexity index is 532. The van der Waals surface area contributed by atoms with Crippen molar-refractivity contribution in [1.82, 2.24) is 0 Å². The summed E-state index contributed by atoms with van der Waals surface area (Å²) in [4.78, 5) is 11.2. The molecule has 3 heteroatoms. The molecular formula is C14H11FO2. The SMILES string of the molecule is COC(=O)c1ccc(-c2cccc(F)c2)cc1. The summed E-state index contributed by atoms with van der Waals surface area (Å²) in [5.74, 6) is -0.657. The number of methoxy groups -OCH3 is 1. The fourth-order valence-electron chi connectivity index (χ4n) is 1.58. The average molecular weight is 230 g/mol. The zero-order valence-corrected chi connectivity index (χ0v) is 9.31. The van der Waals surface area contributed by atoms with Gasteiger partial charge in [0.2, 0.25) is 0 Å². The van der Waals surface area contributed by atoms with Gasteiger partial charge in [-0.15, -0.1) is 0 Å². The summed E-state index contributed by atoms with van der Waals surface area (Å²) in [6.07, 6.45) is 0. The van der Waals surface area contributed by atoms with E-state index < -0.39 is 0 Å². The van der Waals surface area contributed by atoms with E-state index in [0.29, 0.717) is 5.56 Å². The van der Waals surface area contributed by atoms with E-state index in [1.165, 1.54) is 19.2 Å². The quantitative estimate of drug-likeness (QED) is 0.740. The van der Waals surface area contributed by atoms with Crippen molar-refractivity contribution < 1.29 is 13.9 Å². The number of rotatable bonds is 2. The Morgan fingerprint density at radius 1 is 1.06 bits per heavy atom. The molecule has 2 aromatic rings. The molecule has 0 fully saturated rings. The van der Waals surface area contributed by atoms with Crippen LogP contribution in [0.5, 0.6) is 0 Å². The second kappa shape index (κ2) is 4.78. The van der Waals surface area contributed by atoms with Crippen LogP contribution < -0.4 is 0 Å². The Morgan fingerprint density at radius 3 is 2.35 bits per heavy atom. The summed E-state index contributed by atoms with van der Waals surface area (Å²) in [6, 6.07) is 13.2. The monoisotopic (exact) mass is 230 g/mol. The van der Waals surface area contributed by atoms with Crippen molar-refractivity contribution in [3.63, 3.8) is 0 Å². The third-order valence-corrected chi connectivity index (χ3v) is 2.46. The number of carbonyl (C=O) groups is 1. The number of esters is 1. The number of hydrogen-bond donors (Lipinski definition) is 0. The molecular weight excluding hydrogens is 219 g/mol. The lowest BCUT2D eigenvalue weighted by Gasteiger charge is -2.03. The molecule has 0 aromatic heterocycles. The highest BCUT2D eigenvalue weighted by Crippen LogP contribution is 2.20. The van der Waals surface area contributed by atoms with Crippen molar-refractivity contribution in [3.05, 3.63) is 59.9 Å². The first-order valence-electron chi connectivity index (χ1n) is 5.15. The summed E-state index contributed by atoms with van der Waals surface area (Å²) < 4.78 is 17.6. The van der Waals surface area contributed by atoms with Crippen LogP contribution in [-0.4, -0.2) is 13.1 Å². The van der Waals surface area contributed by atoms with E-state index in [0.717, 1.165) is 11.1 Å². The zero-order chi connectivity index (χ0) is 12.3. The van der Waals surface area contributed by atoms with Crippen molar-refractivity contribution in [2.75, 3.05) is 7.11 Å². The molecule has 86 valence electrons. The van der Waals surface area contributed by atoms with Gasteiger partial charge in [0.1, 0.15) is 5.82 Å². The molecule has 0 amide bonds. The smallest absolute Gasteiger partial charge is 0.337 e. The van der Waals surface area contributed by atoms with E-state index in [1.807, 2.05) is 6.07 Å². The predicted octanol–water partition coefficient (Wildman–Crippen LogP) is 3.28. The molecule has 0 aliphatic carbocycles. The molecule has 0 radical (unpaired) electrons. The molecule has 0 heterocycles. The van der Waals surface area contributed by atoms with Crippen molar-refractivity contribution in [2.45, 2.75) is 0 Å². The Morgan fingerprint density at radius 2 is 1.76 bits per heavy atom. The van der Waals surface area contributed by atoms with Crippen LogP contribution in [0.15, 0.2) is 48.5 Å². The van der Waals surface area contributed by atoms with E-state index in [-0.39, 0.29) is 11.8 Å². The van der Waals surface area contributed by atoms with E-state index in [2.05, 4.69) is 4.74 Å². The van der Waals surface area contributed by atoms with E-state index in [1.54, 1.807) is 30.3 Å². The predicted molar refractivity (Wildman–Crippen MR) is 63.2 cm³/mol. The lowest BCUT2D eigenvalue weighted by atomic mass is 10.0. The third-order valence-electron chi connectivity index (χ3n) is 2.46. The summed E-state index contributed by atoms with van der Waals surface area (Å²) in [5.41, 5.74) is 2.12. The van der Waals surface area contributed by atoms with Gasteiger partial charge in [0, 0.05) is 0 Å². The third kappa shape index (κ3) is 2.50. The topological polar surface area (TPSA) is 26.3 Å². The molecule has 2 nitrogen and oxygen atoms in total. The average Bonchev–Trinajstić information content (AvgIpc) is 2.38. The maximum Gasteiger partial charge on any atom is 0.337 e. The molecule has 0 atom stereocenters. The lowest BCUT2D eigenvalue weighted by molar-refractivity contribution is 0.0601. The van der Waals surface area contributed by atoms with Gasteiger partial charge in [-0.3, -0.25) is 0 Å². The van der Waals surface area contributed by atoms with Gasteiger partial charge in [-0.1, -0.05) is 24.3 Å². The normalized spacial score (nSPS) is 10.0. The van der Waals surface area contributed by atoms with Crippen molar-refractivity contribution >= 4 is 5.97 Å². The number of ether oxygens (including phenoxy) is 1. The van der Waals surface area contributed by atoms with E-state index in [4.69, 9.17) is 0 Å². The highest BCUT2D eigenvalue weighted by atomic mass is 19.1. The van der Waals surface area contributed by atoms with Crippen molar-refractivity contribution in [2.24, 2.45) is 0 Å². The molecule has 0 saturated heterocycles. The minimum atomic E-state index is -0.379. The van der Waals surface area contributed by atoms with Gasteiger partial charge >= 0.3 is 5.97 Å². The fourth-order valence-corrected chi connectivity index (χ4v) is 1.58. The lowest BCUT2D eigenvalue weighted by Crippen LogP contribution is -2.00. The largest absolute Gasteiger partial charge is 0.465 e. The molecule has 2 aromatic carbocycles. The zero-order valence-electron chi connectivity index (χ0n) is 9.31. The number of benzene rings is 2. The Labute approximate surface area is 98.7 Å². The Balaban J connectivity index is 2.32. The maximum absolute atomic E-state index is 13.0. The first kappa shape index (κ1) is 11.3. The molecule has 0 spiro atoms. The summed E-state index contributed by atoms with van der Waals surface area (Å²) in [5, 5.41) is 0. The van der Waals surface area contributed by atoms with Crippen LogP contribution in [0.3, 0.4) is 0 Å². The van der Waals surface area contributed by atoms with Gasteiger partial charge in [-0.05, 0) is 35.4 Å². The van der Waals surface area contributed by atoms with Gasteiger partial charge < -0.3 is 4.74 Å². The fraction of sp³-hybridized carbons (Fsp3) is 0.0714. The molecule has 0 aliphatic rings. The van der Waals surface area contributed by atoms with Gasteiger partial charge in [-0.25, -0.2) is 9.18 Å². The van der Waals surface area contributed by atoms with E-state index in [9.17, 15) is 9.18 Å². The van der Waals surface area contributed by atoms with Gasteiger partial charge in [0.15, 0.2) is 0 Å². The highest BCUT2D eigenvalue weighted by Gasteiger charge is 2.05. The first-order valence-corrected chi connectivity index (χ1v) is 5.15. The molecule has 0 aliphatic heterocycles. The Hall–Kier alpha value is -2.16. The van der Waals surface area contributed by atoms with Crippen LogP contribution >= 0.6 is 0 Å². The summed E-state index contributed by atoms with van der Waals surface area (Å²) >= 11 is 0. The maximum atomic E-state index is 13.0. The van der Waals surface area contributed by atoms with Gasteiger partial charge in [-0.2, -0.15) is 0 Å². The highest BCUT2D eigenvalue weighted by molar-refractivity contribution is 5.89. The molecule has 2 rings (SSSR count). The number of halogens is 1. The van der Waals surface area contributed by atoms with Crippen LogP contribution in [-0.2, 0) is 4.74 Å². The van der Waals surface area contributed by atoms with Gasteiger partial charge in [0.05, 0.1) is 12.7 Å². The molecule has 0 bridgehead atoms. The molecule has 0 N–H and O–H groups in total. The Kier molecular flexibility index (Phi) is 3.19. The van der Waals surface area contributed by atoms with Crippen LogP contribution in [0.2, 0.25) is 0 Å². The summed E-state index contributed by atoms with van der Waals surface area (Å²) in [7, 11) is 1.34. The number of hydrogen-bond acceptors (Lipinski definition) is 2. The molecule has 0 saturated carbocycles. The van der Waals surface area contributed by atoms with Crippen molar-refractivity contribution in [1.29, 1.82) is 0 Å². The van der Waals surface area contributed by atoms with Crippen LogP contribution in [0, 0.1) is 5.82 Å². The van der Waals surface area contributed by atoms with Crippen molar-refractivity contribution in [3.8, 4) is 11.1 Å². The second-order valence-electron chi connectivity index (χ2n) is 3.58. The molecule has 0 unspecified atom stereocenters. The van der Waals surface area contributed by atoms with Gasteiger partial charge in [0.25, 0.3) is 0 Å². The first-order chi connectivity index (χ1) is 8.20. The van der Waals surface area contributed by atoms with E-state index >= 15 is 0 Å².